The van der Waals surface area contributed by atoms with Crippen LogP contribution in [-0.4, -0.2) is 85.7 Å². The number of rotatable bonds is 10. The lowest BCUT2D eigenvalue weighted by molar-refractivity contribution is 0.0997. The van der Waals surface area contributed by atoms with E-state index in [4.69, 9.17) is 0 Å². The zero-order valence-electron chi connectivity index (χ0n) is 73.0. The Labute approximate surface area is 782 Å². The maximum atomic E-state index is 14.8. The zero-order valence-corrected chi connectivity index (χ0v) is 77.9. The first-order valence-corrected chi connectivity index (χ1v) is 54.0. The number of halogens is 1. The van der Waals surface area contributed by atoms with E-state index in [0.29, 0.717) is 52.3 Å². The molecular formula is C97H91FN16O15S6. The van der Waals surface area contributed by atoms with Crippen LogP contribution in [0.15, 0.2) is 173 Å². The van der Waals surface area contributed by atoms with Crippen LogP contribution in [0, 0.1) is 5.82 Å². The lowest BCUT2D eigenvalue weighted by Gasteiger charge is -2.18. The molecule has 10 aromatic rings. The van der Waals surface area contributed by atoms with Crippen LogP contribution >= 0.6 is 11.3 Å². The van der Waals surface area contributed by atoms with E-state index in [9.17, 15) is 73.4 Å². The molecular weight excluding hydrogens is 1840 g/mol. The first kappa shape index (κ1) is 88.6. The number of nitrogens with one attached hydrogen (secondary N) is 10. The molecule has 135 heavy (non-hydrogen) atoms. The first-order valence-electron chi connectivity index (χ1n) is 45.5. The fraction of sp³-hybridized carbons (Fsp3) is 0.309. The van der Waals surface area contributed by atoms with Crippen LogP contribution in [0.3, 0.4) is 0 Å². The number of anilines is 5. The lowest BCUT2D eigenvalue weighted by Crippen LogP contribution is -2.34. The third kappa shape index (κ3) is 16.2. The summed E-state index contributed by atoms with van der Waals surface area (Å²) in [4.78, 5) is 129. The second-order valence-corrected chi connectivity index (χ2v) is 45.8. The summed E-state index contributed by atoms with van der Waals surface area (Å²) in [6.45, 7) is 0. The van der Waals surface area contributed by atoms with Crippen molar-refractivity contribution in [1.82, 2.24) is 28.6 Å². The summed E-state index contributed by atoms with van der Waals surface area (Å²) in [7, 11) is -16.6. The smallest absolute Gasteiger partial charge is 0.307 e. The minimum Gasteiger partial charge on any atom is -0.307 e. The van der Waals surface area contributed by atoms with Gasteiger partial charge in [0.2, 0.25) is 0 Å². The van der Waals surface area contributed by atoms with E-state index in [1.807, 2.05) is 0 Å². The molecule has 25 rings (SSSR count). The standard InChI is InChI=1S/C20H18FN3O3S.2C20H19N3O3S.C19H18N4O3S.C18H17N3O3S2/c21-17-11-6-3-8-13(11)18(14-9-4-7-12(14)17)22-20(26)24-28(27)16-10-2-1-5-15(16)19(25)23-28;24-19-16-7-1-2-10-17(16)27(26,22-19)23-20(25)21-18-14-8-3-5-12(14)11-13-6-4-9-15(13)18;24-19-16-6-1-2-10-18(16)27(26,22-19)23-20(25)21-17-11-12-5-3-7-13(12)14-8-4-9-15(14)17;24-17-15-8-3-9-20-18(15)27(26,22-17)23-19(25)21-16-13-6-1-4-11(13)10-12-5-2-7-14(12)16;22-17-16-14(7-8-25-16)26(24,20-17)21-18(23)19-15-12-5-1-3-10(12)9-11-4-2-6-13(11)15/h1-2,5,10H,3-4,6-9H2,(H2,22,23,24,25,26,27);1-2,7,10-11H,3-6,8-9H2,(H2,21,22,23,24,25,26);1-2,6,10-11H,3-5,7-9H2,(H2,21,22,23,24,25,26);3,8-10H,1-2,4-7H2,(H2,21,22,23,24,25,26);7-9H,1-6H2,(H2,19,20,21,22,23,24). The summed E-state index contributed by atoms with van der Waals surface area (Å²) < 4.78 is 111. The van der Waals surface area contributed by atoms with Crippen molar-refractivity contribution < 1.29 is 73.4 Å². The van der Waals surface area contributed by atoms with E-state index in [1.165, 1.54) is 125 Å². The monoisotopic (exact) mass is 1930 g/mol. The van der Waals surface area contributed by atoms with Crippen molar-refractivity contribution >= 4 is 149 Å². The van der Waals surface area contributed by atoms with Crippen LogP contribution in [0.2, 0.25) is 0 Å². The Kier molecular flexibility index (Phi) is 23.0. The maximum absolute atomic E-state index is 14.8. The van der Waals surface area contributed by atoms with Crippen molar-refractivity contribution in [2.24, 2.45) is 21.8 Å². The number of amides is 15. The van der Waals surface area contributed by atoms with Gasteiger partial charge in [-0.3, -0.25) is 24.0 Å². The highest BCUT2D eigenvalue weighted by Gasteiger charge is 2.41. The highest BCUT2D eigenvalue weighted by Crippen LogP contribution is 2.46. The number of aryl methyl sites for hydroxylation is 7. The number of hydrogen-bond donors (Lipinski definition) is 10. The van der Waals surface area contributed by atoms with Crippen LogP contribution in [0.25, 0.3) is 0 Å². The summed E-state index contributed by atoms with van der Waals surface area (Å²) in [6.07, 6.45) is 30.6. The number of carbonyl (C=O) groups is 10. The second kappa shape index (κ2) is 35.0. The largest absolute Gasteiger partial charge is 0.332 e. The molecule has 15 amide bonds. The van der Waals surface area contributed by atoms with Crippen molar-refractivity contribution in [3.8, 4) is 0 Å². The number of fused-ring (bicyclic) bond motifs is 16. The van der Waals surface area contributed by atoms with Gasteiger partial charge in [0.05, 0.1) is 41.8 Å². The van der Waals surface area contributed by atoms with E-state index in [0.717, 1.165) is 201 Å². The molecule has 8 aromatic carbocycles. The van der Waals surface area contributed by atoms with Crippen LogP contribution in [0.4, 0.5) is 56.8 Å². The summed E-state index contributed by atoms with van der Waals surface area (Å²) in [5.74, 6) is -3.00. The van der Waals surface area contributed by atoms with Gasteiger partial charge in [-0.05, 0) is 370 Å². The minimum atomic E-state index is -3.41. The molecule has 0 saturated heterocycles. The zero-order chi connectivity index (χ0) is 93.1. The molecule has 0 bridgehead atoms. The van der Waals surface area contributed by atoms with E-state index in [2.05, 4.69) is 101 Å². The number of aromatic nitrogens is 1. The molecule has 15 aliphatic rings. The number of carbonyl (C=O) groups excluding carboxylic acids is 10. The average molecular weight is 1930 g/mol. The third-order valence-corrected chi connectivity index (χ3v) is 37.6. The Morgan fingerprint density at radius 2 is 0.570 bits per heavy atom. The number of hydrogen-bond acceptors (Lipinski definition) is 17. The van der Waals surface area contributed by atoms with Gasteiger partial charge in [-0.1, -0.05) is 54.6 Å². The minimum absolute atomic E-state index is 0.0219. The molecule has 692 valence electrons. The van der Waals surface area contributed by atoms with E-state index in [1.54, 1.807) is 78.2 Å². The molecule has 2 aromatic heterocycles. The van der Waals surface area contributed by atoms with Crippen molar-refractivity contribution in [2.45, 2.75) is 217 Å². The Balaban J connectivity index is 0.000000101. The van der Waals surface area contributed by atoms with Crippen molar-refractivity contribution in [1.29, 1.82) is 0 Å². The van der Waals surface area contributed by atoms with E-state index in [-0.39, 0.29) is 47.8 Å². The van der Waals surface area contributed by atoms with Gasteiger partial charge in [0.25, 0.3) is 29.5 Å². The van der Waals surface area contributed by atoms with Gasteiger partial charge in [-0.2, -0.15) is 0 Å². The molecule has 31 nitrogen and oxygen atoms in total. The highest BCUT2D eigenvalue weighted by atomic mass is 32.2. The summed E-state index contributed by atoms with van der Waals surface area (Å²) in [5, 5.41) is 16.2. The number of thiophene rings is 1. The Hall–Kier alpha value is -13.0. The van der Waals surface area contributed by atoms with Crippen LogP contribution in [0.5, 0.6) is 0 Å². The maximum Gasteiger partial charge on any atom is 0.332 e. The molecule has 7 heterocycles. The molecule has 0 fully saturated rings. The SMILES string of the molecule is O=C(Nc1c2c(c(F)c3c1CCC3)CCC2)NS1(=O)=NC(=O)c2ccccc21.O=C(Nc1c2c(cc3c1CCC3)CCC2)NS1(=O)=NC(=O)c2ccccc21.O=C(Nc1c2c(cc3c1CCC3)CCC2)NS1(=O)=NC(=O)c2cccnc21.O=C(Nc1c2c(cc3c1CCC3)CCC2)NS1(=O)=NC(=O)c2sccc21.O=C(Nc1cc2c(c3c1CCC3)CCC2)NS1(=O)=NC(=O)c2ccccc21. The molecule has 0 spiro atoms. The predicted octanol–water partition coefficient (Wildman–Crippen LogP) is 16.5. The topological polar surface area (TPSA) is 451 Å². The summed E-state index contributed by atoms with van der Waals surface area (Å²) >= 11 is 1.19. The Morgan fingerprint density at radius 1 is 0.281 bits per heavy atom. The van der Waals surface area contributed by atoms with Crippen molar-refractivity contribution in [3.05, 3.63) is 271 Å². The van der Waals surface area contributed by atoms with Crippen molar-refractivity contribution in [3.63, 3.8) is 0 Å². The summed E-state index contributed by atoms with van der Waals surface area (Å²) in [5.41, 5.74) is 28.4. The Morgan fingerprint density at radius 3 is 0.978 bits per heavy atom. The van der Waals surface area contributed by atoms with E-state index >= 15 is 0 Å². The van der Waals surface area contributed by atoms with E-state index < -0.39 is 109 Å². The number of urea groups is 5. The number of nitrogens with zero attached hydrogens (tertiary/aromatic N) is 6. The van der Waals surface area contributed by atoms with Gasteiger partial charge in [0.15, 0.2) is 54.6 Å². The molecule has 5 atom stereocenters. The molecule has 0 radical (unpaired) electrons. The molecule has 5 unspecified atom stereocenters. The summed E-state index contributed by atoms with van der Waals surface area (Å²) in [6, 6.07) is 29.9. The average Bonchev–Trinajstić information content (AvgIpc) is 1.61. The van der Waals surface area contributed by atoms with Crippen molar-refractivity contribution in [2.75, 3.05) is 26.6 Å². The molecule has 10 N–H and O–H groups in total. The van der Waals surface area contributed by atoms with Gasteiger partial charge in [-0.25, -0.2) is 78.0 Å². The highest BCUT2D eigenvalue weighted by molar-refractivity contribution is 7.94. The molecule has 38 heteroatoms. The van der Waals surface area contributed by atoms with Gasteiger partial charge in [0.1, 0.15) is 10.7 Å². The predicted molar refractivity (Wildman–Crippen MR) is 507 cm³/mol. The van der Waals surface area contributed by atoms with Gasteiger partial charge >= 0.3 is 30.2 Å². The van der Waals surface area contributed by atoms with Crippen LogP contribution < -0.4 is 50.2 Å². The quantitative estimate of drug-likeness (QED) is 0.0608. The van der Waals surface area contributed by atoms with Crippen LogP contribution in [-0.2, 0) is 178 Å². The van der Waals surface area contributed by atoms with Crippen LogP contribution in [0.1, 0.15) is 227 Å². The fourth-order valence-electron chi connectivity index (χ4n) is 21.8. The normalized spacial score (nSPS) is 22.0. The van der Waals surface area contributed by atoms with Gasteiger partial charge in [0, 0.05) is 34.6 Å². The first-order chi connectivity index (χ1) is 65.2. The number of benzene rings is 8. The third-order valence-electron chi connectivity index (χ3n) is 27.5. The lowest BCUT2D eigenvalue weighted by atomic mass is 9.98. The van der Waals surface area contributed by atoms with Gasteiger partial charge in [-0.15, -0.1) is 33.2 Å². The van der Waals surface area contributed by atoms with Gasteiger partial charge < -0.3 is 26.6 Å². The molecule has 5 aliphatic heterocycles. The number of pyridine rings is 1. The molecule has 10 aliphatic carbocycles. The fourth-order valence-corrected chi connectivity index (χ4v) is 30.9. The molecule has 0 saturated carbocycles. The Bertz CT molecular complexity index is 7440. The second-order valence-electron chi connectivity index (χ2n) is 35.6.